The third-order valence-corrected chi connectivity index (χ3v) is 6.80. The lowest BCUT2D eigenvalue weighted by atomic mass is 9.97. The van der Waals surface area contributed by atoms with Crippen LogP contribution in [0.1, 0.15) is 40.6 Å². The van der Waals surface area contributed by atoms with Crippen LogP contribution in [0.15, 0.2) is 35.6 Å². The second kappa shape index (κ2) is 7.78. The van der Waals surface area contributed by atoms with Crippen LogP contribution in [-0.4, -0.2) is 27.4 Å². The first kappa shape index (κ1) is 18.1. The highest BCUT2D eigenvalue weighted by atomic mass is 32.2. The first-order valence-corrected chi connectivity index (χ1v) is 10.7. The normalized spacial score (nSPS) is 13.4. The van der Waals surface area contributed by atoms with Crippen molar-refractivity contribution in [2.75, 3.05) is 11.1 Å². The number of ketones is 1. The van der Waals surface area contributed by atoms with Crippen LogP contribution in [0.2, 0.25) is 0 Å². The Morgan fingerprint density at radius 1 is 1.22 bits per heavy atom. The number of fused-ring (bicyclic) bond motifs is 3. The van der Waals surface area contributed by atoms with Crippen LogP contribution in [-0.2, 0) is 17.6 Å². The van der Waals surface area contributed by atoms with Crippen LogP contribution in [0, 0.1) is 0 Å². The van der Waals surface area contributed by atoms with E-state index in [1.165, 1.54) is 42.0 Å². The molecule has 1 N–H and O–H groups in total. The van der Waals surface area contributed by atoms with Crippen molar-refractivity contribution in [1.82, 2.24) is 9.97 Å². The number of anilines is 1. The predicted octanol–water partition coefficient (Wildman–Crippen LogP) is 4.50. The number of aromatic nitrogens is 2. The molecule has 0 fully saturated rings. The number of rotatable bonds is 5. The minimum absolute atomic E-state index is 0.0221. The van der Waals surface area contributed by atoms with Crippen LogP contribution >= 0.6 is 23.1 Å². The zero-order valence-electron chi connectivity index (χ0n) is 14.9. The lowest BCUT2D eigenvalue weighted by molar-refractivity contribution is -0.113. The molecule has 0 spiro atoms. The number of thioether (sulfide) groups is 1. The molecule has 0 radical (unpaired) electrons. The van der Waals surface area contributed by atoms with Crippen molar-refractivity contribution in [1.29, 1.82) is 0 Å². The van der Waals surface area contributed by atoms with E-state index < -0.39 is 0 Å². The van der Waals surface area contributed by atoms with E-state index in [9.17, 15) is 9.59 Å². The van der Waals surface area contributed by atoms with E-state index >= 15 is 0 Å². The smallest absolute Gasteiger partial charge is 0.234 e. The number of nitrogens with zero attached hydrogens (tertiary/aromatic N) is 2. The Bertz CT molecular complexity index is 1030. The van der Waals surface area contributed by atoms with Crippen LogP contribution in [0.25, 0.3) is 10.2 Å². The van der Waals surface area contributed by atoms with Gasteiger partial charge in [0.2, 0.25) is 5.91 Å². The molecule has 1 aliphatic carbocycles. The van der Waals surface area contributed by atoms with Crippen LogP contribution in [0.4, 0.5) is 5.69 Å². The number of benzene rings is 1. The highest BCUT2D eigenvalue weighted by Crippen LogP contribution is 2.39. The molecule has 0 saturated heterocycles. The van der Waals surface area contributed by atoms with Crippen molar-refractivity contribution in [3.8, 4) is 0 Å². The summed E-state index contributed by atoms with van der Waals surface area (Å²) < 4.78 is 0. The number of aryl methyl sites for hydroxylation is 2. The van der Waals surface area contributed by atoms with Crippen molar-refractivity contribution in [3.05, 3.63) is 46.6 Å². The van der Waals surface area contributed by atoms with E-state index in [0.29, 0.717) is 11.3 Å². The maximum absolute atomic E-state index is 12.4. The number of carbonyl (C=O) groups is 2. The zero-order chi connectivity index (χ0) is 18.8. The van der Waals surface area contributed by atoms with E-state index in [2.05, 4.69) is 15.3 Å². The quantitative estimate of drug-likeness (QED) is 0.390. The van der Waals surface area contributed by atoms with Gasteiger partial charge >= 0.3 is 0 Å². The van der Waals surface area contributed by atoms with Crippen LogP contribution < -0.4 is 5.32 Å². The van der Waals surface area contributed by atoms with Gasteiger partial charge in [0.25, 0.3) is 0 Å². The average Bonchev–Trinajstić information content (AvgIpc) is 3.05. The van der Waals surface area contributed by atoms with Crippen molar-refractivity contribution in [2.45, 2.75) is 37.6 Å². The molecule has 1 amide bonds. The average molecular weight is 398 g/mol. The first-order valence-electron chi connectivity index (χ1n) is 8.90. The van der Waals surface area contributed by atoms with E-state index in [1.54, 1.807) is 41.9 Å². The Labute approximate surface area is 165 Å². The van der Waals surface area contributed by atoms with Crippen LogP contribution in [0.5, 0.6) is 0 Å². The molecule has 0 unspecified atom stereocenters. The predicted molar refractivity (Wildman–Crippen MR) is 110 cm³/mol. The Hall–Kier alpha value is -2.25. The summed E-state index contributed by atoms with van der Waals surface area (Å²) in [6.45, 7) is 1.51. The monoisotopic (exact) mass is 397 g/mol. The molecule has 1 aromatic carbocycles. The molecule has 2 aromatic heterocycles. The molecular weight excluding hydrogens is 378 g/mol. The summed E-state index contributed by atoms with van der Waals surface area (Å²) in [5.41, 5.74) is 2.59. The molecule has 0 bridgehead atoms. The van der Waals surface area contributed by atoms with Gasteiger partial charge in [0.15, 0.2) is 5.78 Å². The summed E-state index contributed by atoms with van der Waals surface area (Å²) in [4.78, 5) is 35.2. The molecule has 138 valence electrons. The molecule has 2 heterocycles. The Morgan fingerprint density at radius 2 is 2.07 bits per heavy atom. The van der Waals surface area contributed by atoms with Crippen LogP contribution in [0.3, 0.4) is 0 Å². The summed E-state index contributed by atoms with van der Waals surface area (Å²) in [6, 6.07) is 6.99. The number of thiophene rings is 1. The molecule has 0 atom stereocenters. The van der Waals surface area contributed by atoms with Crippen molar-refractivity contribution >= 4 is 50.7 Å². The molecule has 27 heavy (non-hydrogen) atoms. The van der Waals surface area contributed by atoms with Gasteiger partial charge in [-0.05, 0) is 50.3 Å². The van der Waals surface area contributed by atoms with Crippen molar-refractivity contribution < 1.29 is 9.59 Å². The highest BCUT2D eigenvalue weighted by Gasteiger charge is 2.20. The van der Waals surface area contributed by atoms with Gasteiger partial charge in [-0.1, -0.05) is 23.9 Å². The van der Waals surface area contributed by atoms with Gasteiger partial charge in [-0.2, -0.15) is 0 Å². The molecule has 4 rings (SSSR count). The summed E-state index contributed by atoms with van der Waals surface area (Å²) >= 11 is 3.20. The lowest BCUT2D eigenvalue weighted by Crippen LogP contribution is -2.14. The van der Waals surface area contributed by atoms with E-state index in [0.717, 1.165) is 28.1 Å². The number of hydrogen-bond acceptors (Lipinski definition) is 6. The topological polar surface area (TPSA) is 72.0 Å². The van der Waals surface area contributed by atoms with E-state index in [1.807, 2.05) is 0 Å². The Morgan fingerprint density at radius 3 is 2.93 bits per heavy atom. The van der Waals surface area contributed by atoms with Gasteiger partial charge in [-0.15, -0.1) is 11.3 Å². The second-order valence-electron chi connectivity index (χ2n) is 6.54. The fourth-order valence-corrected chi connectivity index (χ4v) is 5.44. The first-order chi connectivity index (χ1) is 13.1. The standard InChI is InChI=1S/C20H19N3O2S2/c1-12(24)13-5-4-6-14(9-13)23-17(25)10-26-19-18-15-7-2-3-8-16(15)27-20(18)22-11-21-19/h4-6,9,11H,2-3,7-8,10H2,1H3,(H,23,25). The zero-order valence-corrected chi connectivity index (χ0v) is 16.6. The van der Waals surface area contributed by atoms with Gasteiger partial charge in [0.1, 0.15) is 16.2 Å². The molecule has 5 nitrogen and oxygen atoms in total. The summed E-state index contributed by atoms with van der Waals surface area (Å²) in [5, 5.41) is 4.87. The fourth-order valence-electron chi connectivity index (χ4n) is 3.32. The molecule has 3 aromatic rings. The van der Waals surface area contributed by atoms with Crippen molar-refractivity contribution in [2.24, 2.45) is 0 Å². The highest BCUT2D eigenvalue weighted by molar-refractivity contribution is 8.00. The number of Topliss-reactive ketones (excluding diaryl/α,β-unsaturated/α-hetero) is 1. The van der Waals surface area contributed by atoms with Crippen molar-refractivity contribution in [3.63, 3.8) is 0 Å². The van der Waals surface area contributed by atoms with E-state index in [4.69, 9.17) is 0 Å². The summed E-state index contributed by atoms with van der Waals surface area (Å²) in [6.07, 6.45) is 6.21. The minimum Gasteiger partial charge on any atom is -0.325 e. The lowest BCUT2D eigenvalue weighted by Gasteiger charge is -2.11. The minimum atomic E-state index is -0.114. The van der Waals surface area contributed by atoms with Gasteiger partial charge in [-0.3, -0.25) is 9.59 Å². The molecular formula is C20H19N3O2S2. The van der Waals surface area contributed by atoms with Gasteiger partial charge < -0.3 is 5.32 Å². The SMILES string of the molecule is CC(=O)c1cccc(NC(=O)CSc2ncnc3sc4c(c23)CCCC4)c1. The Balaban J connectivity index is 1.49. The number of hydrogen-bond donors (Lipinski definition) is 1. The third-order valence-electron chi connectivity index (χ3n) is 4.61. The van der Waals surface area contributed by atoms with E-state index in [-0.39, 0.29) is 17.4 Å². The molecule has 7 heteroatoms. The molecule has 1 aliphatic rings. The number of carbonyl (C=O) groups excluding carboxylic acids is 2. The second-order valence-corrected chi connectivity index (χ2v) is 8.59. The molecule has 0 saturated carbocycles. The number of amides is 1. The van der Waals surface area contributed by atoms with Gasteiger partial charge in [0.05, 0.1) is 5.75 Å². The largest absolute Gasteiger partial charge is 0.325 e. The maximum Gasteiger partial charge on any atom is 0.234 e. The summed E-state index contributed by atoms with van der Waals surface area (Å²) in [7, 11) is 0. The van der Waals surface area contributed by atoms with Gasteiger partial charge in [-0.25, -0.2) is 9.97 Å². The number of nitrogens with one attached hydrogen (secondary N) is 1. The van der Waals surface area contributed by atoms with Gasteiger partial charge in [0, 0.05) is 21.5 Å². The fraction of sp³-hybridized carbons (Fsp3) is 0.300. The third kappa shape index (κ3) is 3.89. The molecule has 0 aliphatic heterocycles. The summed E-state index contributed by atoms with van der Waals surface area (Å²) in [5.74, 6) is 0.128. The Kier molecular flexibility index (Phi) is 5.22. The maximum atomic E-state index is 12.4.